The largest absolute Gasteiger partial charge is 0.477 e. The van der Waals surface area contributed by atoms with Gasteiger partial charge in [-0.25, -0.2) is 9.78 Å². The second kappa shape index (κ2) is 5.70. The molecule has 0 unspecified atom stereocenters. The zero-order valence-electron chi connectivity index (χ0n) is 11.1. The van der Waals surface area contributed by atoms with Gasteiger partial charge in [0.1, 0.15) is 10.7 Å². The zero-order valence-corrected chi connectivity index (χ0v) is 11.9. The Morgan fingerprint density at radius 1 is 1.50 bits per heavy atom. The molecule has 1 aliphatic rings. The Balaban J connectivity index is 2.02. The van der Waals surface area contributed by atoms with E-state index in [-0.39, 0.29) is 17.1 Å². The molecule has 1 fully saturated rings. The van der Waals surface area contributed by atoms with Gasteiger partial charge < -0.3 is 15.6 Å². The third-order valence-electron chi connectivity index (χ3n) is 3.33. The minimum absolute atomic E-state index is 0.0282. The predicted octanol–water partition coefficient (Wildman–Crippen LogP) is 1.80. The van der Waals surface area contributed by atoms with Crippen LogP contribution in [0.2, 0.25) is 0 Å². The normalized spacial score (nSPS) is 15.7. The lowest BCUT2D eigenvalue weighted by Gasteiger charge is -2.13. The fraction of sp³-hybridized carbons (Fsp3) is 0.462. The van der Waals surface area contributed by atoms with Crippen LogP contribution in [0.4, 0.5) is 5.69 Å². The molecule has 0 amide bonds. The molecule has 0 aliphatic heterocycles. The van der Waals surface area contributed by atoms with Crippen LogP contribution in [0, 0.1) is 5.41 Å². The van der Waals surface area contributed by atoms with Crippen molar-refractivity contribution in [3.63, 3.8) is 0 Å². The van der Waals surface area contributed by atoms with Crippen LogP contribution in [0.5, 0.6) is 0 Å². The molecule has 1 aromatic heterocycles. The van der Waals surface area contributed by atoms with E-state index in [1.165, 1.54) is 24.9 Å². The number of carbonyl (C=O) groups excluding carboxylic acids is 1. The Kier molecular flexibility index (Phi) is 4.17. The van der Waals surface area contributed by atoms with Crippen molar-refractivity contribution in [1.29, 1.82) is 0 Å². The Hall–Kier alpha value is -1.76. The van der Waals surface area contributed by atoms with Gasteiger partial charge in [-0.3, -0.25) is 4.79 Å². The van der Waals surface area contributed by atoms with Gasteiger partial charge in [0.15, 0.2) is 0 Å². The van der Waals surface area contributed by atoms with Gasteiger partial charge in [-0.15, -0.1) is 11.8 Å². The van der Waals surface area contributed by atoms with E-state index in [0.29, 0.717) is 22.9 Å². The molecule has 7 heteroatoms. The van der Waals surface area contributed by atoms with Crippen molar-refractivity contribution in [3.8, 4) is 0 Å². The summed E-state index contributed by atoms with van der Waals surface area (Å²) in [6.07, 6.45) is 2.32. The van der Waals surface area contributed by atoms with Crippen LogP contribution in [-0.2, 0) is 9.53 Å². The number of hydrogen-bond donors (Lipinski definition) is 2. The number of carboxylic acid groups (broad SMARTS) is 1. The number of aromatic carboxylic acids is 1. The average molecular weight is 296 g/mol. The number of thioether (sulfide) groups is 1. The molecule has 0 radical (unpaired) electrons. The fourth-order valence-corrected chi connectivity index (χ4v) is 3.07. The smallest absolute Gasteiger partial charge is 0.354 e. The highest BCUT2D eigenvalue weighted by Gasteiger charge is 2.44. The molecular formula is C13H16N2O4S. The number of carbonyl (C=O) groups is 2. The number of anilines is 1. The van der Waals surface area contributed by atoms with Crippen molar-refractivity contribution < 1.29 is 19.4 Å². The first kappa shape index (κ1) is 14.6. The van der Waals surface area contributed by atoms with E-state index in [0.717, 1.165) is 12.8 Å². The van der Waals surface area contributed by atoms with E-state index in [1.54, 1.807) is 6.07 Å². The van der Waals surface area contributed by atoms with Gasteiger partial charge >= 0.3 is 11.9 Å². The molecular weight excluding hydrogens is 280 g/mol. The molecule has 3 N–H and O–H groups in total. The standard InChI is InChI=1S/C13H16N2O4S/c1-19-10(16)6-13(4-5-13)7-20-11-8(14)2-3-9(15-11)12(17)18/h2-3H,4-7,14H2,1H3,(H,17,18). The maximum atomic E-state index is 11.3. The van der Waals surface area contributed by atoms with Crippen molar-refractivity contribution in [3.05, 3.63) is 17.8 Å². The number of pyridine rings is 1. The lowest BCUT2D eigenvalue weighted by molar-refractivity contribution is -0.141. The molecule has 108 valence electrons. The number of nitrogens with two attached hydrogens (primary N) is 1. The molecule has 0 aromatic carbocycles. The van der Waals surface area contributed by atoms with Crippen LogP contribution in [0.3, 0.4) is 0 Å². The molecule has 2 rings (SSSR count). The molecule has 1 aromatic rings. The van der Waals surface area contributed by atoms with Crippen molar-refractivity contribution in [2.75, 3.05) is 18.6 Å². The van der Waals surface area contributed by atoms with Crippen LogP contribution in [0.15, 0.2) is 17.2 Å². The minimum Gasteiger partial charge on any atom is -0.477 e. The van der Waals surface area contributed by atoms with Gasteiger partial charge in [0.2, 0.25) is 0 Å². The lowest BCUT2D eigenvalue weighted by atomic mass is 10.1. The SMILES string of the molecule is COC(=O)CC1(CSc2nc(C(=O)O)ccc2N)CC1. The van der Waals surface area contributed by atoms with Gasteiger partial charge in [-0.05, 0) is 30.4 Å². The van der Waals surface area contributed by atoms with E-state index < -0.39 is 5.97 Å². The number of ether oxygens (including phenoxy) is 1. The van der Waals surface area contributed by atoms with Gasteiger partial charge in [0.05, 0.1) is 19.2 Å². The van der Waals surface area contributed by atoms with Gasteiger partial charge in [0, 0.05) is 5.75 Å². The number of rotatable bonds is 6. The Bertz CT molecular complexity index is 543. The molecule has 1 aliphatic carbocycles. The average Bonchev–Trinajstić information content (AvgIpc) is 3.17. The molecule has 0 saturated heterocycles. The van der Waals surface area contributed by atoms with Crippen molar-refractivity contribution in [1.82, 2.24) is 4.98 Å². The topological polar surface area (TPSA) is 103 Å². The molecule has 6 nitrogen and oxygen atoms in total. The summed E-state index contributed by atoms with van der Waals surface area (Å²) in [5, 5.41) is 9.42. The highest BCUT2D eigenvalue weighted by atomic mass is 32.2. The summed E-state index contributed by atoms with van der Waals surface area (Å²) in [6, 6.07) is 2.92. The highest BCUT2D eigenvalue weighted by Crippen LogP contribution is 2.52. The summed E-state index contributed by atoms with van der Waals surface area (Å²) < 4.78 is 4.69. The number of aromatic nitrogens is 1. The highest BCUT2D eigenvalue weighted by molar-refractivity contribution is 7.99. The minimum atomic E-state index is -1.08. The first-order valence-electron chi connectivity index (χ1n) is 6.15. The van der Waals surface area contributed by atoms with Gasteiger partial charge in [0.25, 0.3) is 0 Å². The quantitative estimate of drug-likeness (QED) is 0.609. The second-order valence-corrected chi connectivity index (χ2v) is 5.90. The molecule has 0 bridgehead atoms. The second-order valence-electron chi connectivity index (χ2n) is 4.94. The predicted molar refractivity (Wildman–Crippen MR) is 74.6 cm³/mol. The number of nitrogens with zero attached hydrogens (tertiary/aromatic N) is 1. The summed E-state index contributed by atoms with van der Waals surface area (Å²) in [6.45, 7) is 0. The molecule has 1 saturated carbocycles. The van der Waals surface area contributed by atoms with Gasteiger partial charge in [-0.2, -0.15) is 0 Å². The first-order chi connectivity index (χ1) is 9.46. The van der Waals surface area contributed by atoms with Crippen LogP contribution in [-0.4, -0.2) is 34.9 Å². The van der Waals surface area contributed by atoms with Crippen LogP contribution in [0.25, 0.3) is 0 Å². The van der Waals surface area contributed by atoms with Crippen molar-refractivity contribution in [2.24, 2.45) is 5.41 Å². The Morgan fingerprint density at radius 3 is 2.75 bits per heavy atom. The van der Waals surface area contributed by atoms with Crippen molar-refractivity contribution in [2.45, 2.75) is 24.3 Å². The summed E-state index contributed by atoms with van der Waals surface area (Å²) in [7, 11) is 1.38. The summed E-state index contributed by atoms with van der Waals surface area (Å²) in [5.41, 5.74) is 6.17. The van der Waals surface area contributed by atoms with Crippen LogP contribution < -0.4 is 5.73 Å². The molecule has 0 atom stereocenters. The van der Waals surface area contributed by atoms with E-state index in [9.17, 15) is 9.59 Å². The summed E-state index contributed by atoms with van der Waals surface area (Å²) in [5.74, 6) is -0.617. The van der Waals surface area contributed by atoms with E-state index >= 15 is 0 Å². The summed E-state index contributed by atoms with van der Waals surface area (Å²) in [4.78, 5) is 26.3. The monoisotopic (exact) mass is 296 g/mol. The number of carboxylic acids is 1. The van der Waals surface area contributed by atoms with Gasteiger partial charge in [-0.1, -0.05) is 0 Å². The Morgan fingerprint density at radius 2 is 2.20 bits per heavy atom. The Labute approximate surface area is 120 Å². The molecule has 1 heterocycles. The summed E-state index contributed by atoms with van der Waals surface area (Å²) >= 11 is 1.39. The van der Waals surface area contributed by atoms with E-state index in [2.05, 4.69) is 9.72 Å². The lowest BCUT2D eigenvalue weighted by Crippen LogP contribution is -2.13. The number of methoxy groups -OCH3 is 1. The first-order valence-corrected chi connectivity index (χ1v) is 7.14. The maximum Gasteiger partial charge on any atom is 0.354 e. The van der Waals surface area contributed by atoms with E-state index in [4.69, 9.17) is 10.8 Å². The van der Waals surface area contributed by atoms with Crippen molar-refractivity contribution >= 4 is 29.4 Å². The van der Waals surface area contributed by atoms with Crippen LogP contribution >= 0.6 is 11.8 Å². The third-order valence-corrected chi connectivity index (χ3v) is 4.69. The molecule has 20 heavy (non-hydrogen) atoms. The number of esters is 1. The molecule has 0 spiro atoms. The van der Waals surface area contributed by atoms with Crippen LogP contribution in [0.1, 0.15) is 29.8 Å². The maximum absolute atomic E-state index is 11.3. The third kappa shape index (κ3) is 3.41. The fourth-order valence-electron chi connectivity index (χ4n) is 1.83. The number of nitrogen functional groups attached to an aromatic ring is 1. The number of hydrogen-bond acceptors (Lipinski definition) is 6. The zero-order chi connectivity index (χ0) is 14.8. The van der Waals surface area contributed by atoms with E-state index in [1.807, 2.05) is 0 Å².